The van der Waals surface area contributed by atoms with Crippen LogP contribution in [0.2, 0.25) is 0 Å². The van der Waals surface area contributed by atoms with Crippen LogP contribution >= 0.6 is 0 Å². The maximum absolute atomic E-state index is 12.4. The second kappa shape index (κ2) is 9.20. The van der Waals surface area contributed by atoms with Crippen LogP contribution in [0.4, 0.5) is 0 Å². The Morgan fingerprint density at radius 1 is 1.06 bits per heavy atom. The Kier molecular flexibility index (Phi) is 6.18. The number of aromatic nitrogens is 2. The number of hydrogen-bond donors (Lipinski definition) is 0. The van der Waals surface area contributed by atoms with Gasteiger partial charge in [-0.25, -0.2) is 4.79 Å². The molecule has 0 saturated heterocycles. The summed E-state index contributed by atoms with van der Waals surface area (Å²) in [5.41, 5.74) is 6.77. The Bertz CT molecular complexity index is 1320. The molecule has 2 aromatic carbocycles. The number of terminal acetylenes is 1. The first-order chi connectivity index (χ1) is 15.6. The third kappa shape index (κ3) is 3.94. The number of fused-ring (bicyclic) bond motifs is 1. The van der Waals surface area contributed by atoms with Gasteiger partial charge in [0.25, 0.3) is 0 Å². The summed E-state index contributed by atoms with van der Waals surface area (Å²) in [7, 11) is 2.05. The van der Waals surface area contributed by atoms with Crippen LogP contribution in [0.15, 0.2) is 61.1 Å². The predicted molar refractivity (Wildman–Crippen MR) is 130 cm³/mol. The third-order valence-corrected chi connectivity index (χ3v) is 5.85. The fourth-order valence-electron chi connectivity index (χ4n) is 4.21. The van der Waals surface area contributed by atoms with E-state index in [9.17, 15) is 4.79 Å². The second-order valence-electron chi connectivity index (χ2n) is 7.97. The Morgan fingerprint density at radius 3 is 2.62 bits per heavy atom. The smallest absolute Gasteiger partial charge is 0.338 e. The maximum atomic E-state index is 12.4. The molecule has 2 heterocycles. The zero-order chi connectivity index (χ0) is 22.7. The van der Waals surface area contributed by atoms with Gasteiger partial charge >= 0.3 is 5.97 Å². The van der Waals surface area contributed by atoms with Crippen molar-refractivity contribution < 1.29 is 9.53 Å². The number of para-hydroxylation sites is 1. The first-order valence-electron chi connectivity index (χ1n) is 11.1. The van der Waals surface area contributed by atoms with Crippen LogP contribution in [0.3, 0.4) is 0 Å². The minimum atomic E-state index is -0.265. The first kappa shape index (κ1) is 21.5. The molecular formula is C28H28N2O2. The summed E-state index contributed by atoms with van der Waals surface area (Å²) in [5.74, 6) is 2.58. The van der Waals surface area contributed by atoms with Gasteiger partial charge in [-0.3, -0.25) is 0 Å². The lowest BCUT2D eigenvalue weighted by atomic mass is 10.0. The Hall–Kier alpha value is -3.71. The standard InChI is InChI=1S/C28H28N2O2/c1-5-8-11-21-16-22(14-15-23(21)28(31)32-7-3)30-17-20(6-2)25(19-30)26-18-29(4)27-13-10-9-12-24(26)27/h2,9-10,12-19H,5,7-8,11H2,1,3-4H3. The zero-order valence-corrected chi connectivity index (χ0v) is 18.9. The normalized spacial score (nSPS) is 10.9. The Morgan fingerprint density at radius 2 is 1.88 bits per heavy atom. The largest absolute Gasteiger partial charge is 0.462 e. The average Bonchev–Trinajstić information content (AvgIpc) is 3.39. The topological polar surface area (TPSA) is 36.2 Å². The van der Waals surface area contributed by atoms with Crippen molar-refractivity contribution in [1.82, 2.24) is 9.13 Å². The Balaban J connectivity index is 1.80. The lowest BCUT2D eigenvalue weighted by Gasteiger charge is -2.12. The maximum Gasteiger partial charge on any atom is 0.338 e. The van der Waals surface area contributed by atoms with E-state index in [0.717, 1.165) is 47.2 Å². The van der Waals surface area contributed by atoms with Crippen LogP contribution in [-0.4, -0.2) is 21.7 Å². The van der Waals surface area contributed by atoms with Gasteiger partial charge in [0.2, 0.25) is 0 Å². The monoisotopic (exact) mass is 424 g/mol. The first-order valence-corrected chi connectivity index (χ1v) is 11.1. The van der Waals surface area contributed by atoms with Crippen LogP contribution in [0, 0.1) is 12.3 Å². The van der Waals surface area contributed by atoms with E-state index >= 15 is 0 Å². The number of ether oxygens (including phenoxy) is 1. The number of esters is 1. The molecule has 0 fully saturated rings. The highest BCUT2D eigenvalue weighted by Crippen LogP contribution is 2.34. The van der Waals surface area contributed by atoms with Crippen LogP contribution < -0.4 is 0 Å². The van der Waals surface area contributed by atoms with Crippen molar-refractivity contribution in [2.45, 2.75) is 33.1 Å². The van der Waals surface area contributed by atoms with E-state index < -0.39 is 0 Å². The molecule has 0 spiro atoms. The fourth-order valence-corrected chi connectivity index (χ4v) is 4.21. The average molecular weight is 425 g/mol. The van der Waals surface area contributed by atoms with Crippen molar-refractivity contribution in [2.24, 2.45) is 7.05 Å². The van der Waals surface area contributed by atoms with Gasteiger partial charge in [0.15, 0.2) is 0 Å². The minimum absolute atomic E-state index is 0.265. The van der Waals surface area contributed by atoms with Crippen LogP contribution in [-0.2, 0) is 18.2 Å². The van der Waals surface area contributed by atoms with Gasteiger partial charge < -0.3 is 13.9 Å². The molecule has 0 aliphatic carbocycles. The summed E-state index contributed by atoms with van der Waals surface area (Å²) in [5, 5.41) is 1.17. The molecule has 0 saturated carbocycles. The zero-order valence-electron chi connectivity index (χ0n) is 18.9. The molecule has 4 aromatic rings. The SMILES string of the molecule is C#Cc1cn(-c2ccc(C(=O)OCC)c(CCCC)c2)cc1-c1cn(C)c2ccccc12. The highest BCUT2D eigenvalue weighted by Gasteiger charge is 2.17. The molecule has 0 aliphatic rings. The van der Waals surface area contributed by atoms with E-state index in [2.05, 4.69) is 52.6 Å². The van der Waals surface area contributed by atoms with Crippen LogP contribution in [0.5, 0.6) is 0 Å². The number of aryl methyl sites for hydroxylation is 2. The van der Waals surface area contributed by atoms with Crippen molar-refractivity contribution in [1.29, 1.82) is 0 Å². The quantitative estimate of drug-likeness (QED) is 0.264. The van der Waals surface area contributed by atoms with E-state index in [1.807, 2.05) is 44.4 Å². The summed E-state index contributed by atoms with van der Waals surface area (Å²) in [6, 6.07) is 14.2. The molecule has 162 valence electrons. The molecule has 0 unspecified atom stereocenters. The molecule has 0 N–H and O–H groups in total. The van der Waals surface area contributed by atoms with Gasteiger partial charge in [0.05, 0.1) is 17.7 Å². The Labute approximate surface area is 189 Å². The summed E-state index contributed by atoms with van der Waals surface area (Å²) < 4.78 is 9.44. The highest BCUT2D eigenvalue weighted by atomic mass is 16.5. The number of carbonyl (C=O) groups excluding carboxylic acids is 1. The summed E-state index contributed by atoms with van der Waals surface area (Å²) in [6.07, 6.45) is 15.0. The van der Waals surface area contributed by atoms with Crippen molar-refractivity contribution in [2.75, 3.05) is 6.61 Å². The molecule has 0 bridgehead atoms. The van der Waals surface area contributed by atoms with Gasteiger partial charge in [0.1, 0.15) is 0 Å². The summed E-state index contributed by atoms with van der Waals surface area (Å²) in [6.45, 7) is 4.34. The van der Waals surface area contributed by atoms with E-state index in [1.165, 1.54) is 10.9 Å². The van der Waals surface area contributed by atoms with Gasteiger partial charge in [-0.1, -0.05) is 37.5 Å². The predicted octanol–water partition coefficient (Wildman–Crippen LogP) is 6.14. The second-order valence-corrected chi connectivity index (χ2v) is 7.97. The lowest BCUT2D eigenvalue weighted by molar-refractivity contribution is 0.0525. The molecule has 4 rings (SSSR count). The van der Waals surface area contributed by atoms with Crippen molar-refractivity contribution in [3.63, 3.8) is 0 Å². The number of hydrogen-bond acceptors (Lipinski definition) is 2. The molecule has 2 aromatic heterocycles. The number of nitrogens with zero attached hydrogens (tertiary/aromatic N) is 2. The van der Waals surface area contributed by atoms with Gasteiger partial charge in [-0.2, -0.15) is 0 Å². The fraction of sp³-hybridized carbons (Fsp3) is 0.250. The molecule has 4 heteroatoms. The number of unbranched alkanes of at least 4 members (excludes halogenated alkanes) is 1. The van der Waals surface area contributed by atoms with Crippen molar-refractivity contribution in [3.05, 3.63) is 77.7 Å². The highest BCUT2D eigenvalue weighted by molar-refractivity contribution is 5.97. The number of carbonyl (C=O) groups is 1. The van der Waals surface area contributed by atoms with E-state index in [0.29, 0.717) is 12.2 Å². The number of rotatable bonds is 7. The van der Waals surface area contributed by atoms with Crippen molar-refractivity contribution >= 4 is 16.9 Å². The third-order valence-electron chi connectivity index (χ3n) is 5.85. The lowest BCUT2D eigenvalue weighted by Crippen LogP contribution is -2.09. The summed E-state index contributed by atoms with van der Waals surface area (Å²) in [4.78, 5) is 12.4. The molecule has 0 aliphatic heterocycles. The van der Waals surface area contributed by atoms with Crippen LogP contribution in [0.1, 0.15) is 48.2 Å². The van der Waals surface area contributed by atoms with Crippen LogP contribution in [0.25, 0.3) is 27.7 Å². The molecule has 0 amide bonds. The van der Waals surface area contributed by atoms with Gasteiger partial charge in [-0.15, -0.1) is 6.42 Å². The van der Waals surface area contributed by atoms with E-state index in [1.54, 1.807) is 0 Å². The molecule has 32 heavy (non-hydrogen) atoms. The molecule has 4 nitrogen and oxygen atoms in total. The number of benzene rings is 2. The molecule has 0 radical (unpaired) electrons. The van der Waals surface area contributed by atoms with Gasteiger partial charge in [0, 0.05) is 53.4 Å². The molecular weight excluding hydrogens is 396 g/mol. The van der Waals surface area contributed by atoms with Gasteiger partial charge in [-0.05, 0) is 49.6 Å². The minimum Gasteiger partial charge on any atom is -0.462 e. The van der Waals surface area contributed by atoms with Crippen molar-refractivity contribution in [3.8, 4) is 29.2 Å². The van der Waals surface area contributed by atoms with E-state index in [-0.39, 0.29) is 5.97 Å². The van der Waals surface area contributed by atoms with E-state index in [4.69, 9.17) is 11.2 Å². The summed E-state index contributed by atoms with van der Waals surface area (Å²) >= 11 is 0. The molecule has 0 atom stereocenters.